The summed E-state index contributed by atoms with van der Waals surface area (Å²) < 4.78 is 5.58. The fourth-order valence-electron chi connectivity index (χ4n) is 4.42. The van der Waals surface area contributed by atoms with E-state index in [2.05, 4.69) is 147 Å². The summed E-state index contributed by atoms with van der Waals surface area (Å²) in [5, 5.41) is 0. The Morgan fingerprint density at radius 2 is 1.14 bits per heavy atom. The molecule has 0 saturated heterocycles. The van der Waals surface area contributed by atoms with Crippen LogP contribution in [0.25, 0.3) is 0 Å². The zero-order valence-electron chi connectivity index (χ0n) is 36.9. The van der Waals surface area contributed by atoms with E-state index in [4.69, 9.17) is 4.74 Å². The van der Waals surface area contributed by atoms with Crippen molar-refractivity contribution in [1.82, 2.24) is 4.98 Å². The number of ether oxygens (including phenoxy) is 1. The first-order valence-corrected chi connectivity index (χ1v) is 22.4. The molecule has 0 N–H and O–H groups in total. The number of pyridine rings is 1. The van der Waals surface area contributed by atoms with Crippen molar-refractivity contribution in [3.8, 4) is 5.75 Å². The second-order valence-electron chi connectivity index (χ2n) is 13.1. The van der Waals surface area contributed by atoms with Gasteiger partial charge in [-0.05, 0) is 119 Å². The van der Waals surface area contributed by atoms with Gasteiger partial charge in [-0.1, -0.05) is 173 Å². The third-order valence-corrected chi connectivity index (χ3v) is 9.81. The van der Waals surface area contributed by atoms with Crippen LogP contribution >= 0.6 is 23.5 Å². The summed E-state index contributed by atoms with van der Waals surface area (Å²) in [6, 6.07) is 41.6. The van der Waals surface area contributed by atoms with Crippen molar-refractivity contribution in [3.05, 3.63) is 184 Å². The lowest BCUT2D eigenvalue weighted by Crippen LogP contribution is -1.97. The Balaban J connectivity index is 0.000000680. The lowest BCUT2D eigenvalue weighted by Gasteiger charge is -2.05. The van der Waals surface area contributed by atoms with Crippen LogP contribution in [-0.4, -0.2) is 16.5 Å². The van der Waals surface area contributed by atoms with E-state index in [9.17, 15) is 0 Å². The molecule has 0 bridgehead atoms. The van der Waals surface area contributed by atoms with Crippen molar-refractivity contribution in [2.45, 2.75) is 120 Å². The monoisotopic (exact) mass is 792 g/mol. The Hall–Kier alpha value is -3.99. The van der Waals surface area contributed by atoms with E-state index >= 15 is 0 Å². The third kappa shape index (κ3) is 29.3. The Morgan fingerprint density at radius 3 is 1.59 bits per heavy atom. The Labute approximate surface area is 352 Å². The molecule has 1 heterocycles. The van der Waals surface area contributed by atoms with Crippen molar-refractivity contribution in [1.29, 1.82) is 0 Å². The molecule has 0 saturated carbocycles. The Kier molecular flexibility index (Phi) is 32.9. The molecular weight excluding hydrogens is 719 g/mol. The first-order valence-electron chi connectivity index (χ1n) is 20.4. The molecule has 0 aliphatic rings. The molecule has 0 fully saturated rings. The molecule has 5 aromatic rings. The zero-order valence-corrected chi connectivity index (χ0v) is 38.5. The van der Waals surface area contributed by atoms with Crippen LogP contribution in [0.3, 0.4) is 0 Å². The van der Waals surface area contributed by atoms with Crippen molar-refractivity contribution >= 4 is 23.5 Å². The van der Waals surface area contributed by atoms with Crippen LogP contribution in [-0.2, 0) is 13.0 Å². The molecule has 0 aliphatic carbocycles. The normalized spacial score (nSPS) is 9.82. The molecule has 5 rings (SSSR count). The van der Waals surface area contributed by atoms with Gasteiger partial charge < -0.3 is 4.74 Å². The molecule has 56 heavy (non-hydrogen) atoms. The molecule has 0 atom stereocenters. The molecule has 0 spiro atoms. The second kappa shape index (κ2) is 35.4. The van der Waals surface area contributed by atoms with Gasteiger partial charge in [0, 0.05) is 11.1 Å². The number of rotatable bonds is 12. The molecule has 304 valence electrons. The van der Waals surface area contributed by atoms with Crippen molar-refractivity contribution in [3.63, 3.8) is 0 Å². The van der Waals surface area contributed by atoms with Gasteiger partial charge in [0.15, 0.2) is 0 Å². The van der Waals surface area contributed by atoms with Gasteiger partial charge in [0.1, 0.15) is 12.4 Å². The van der Waals surface area contributed by atoms with E-state index in [0.29, 0.717) is 6.61 Å². The van der Waals surface area contributed by atoms with Gasteiger partial charge in [-0.25, -0.2) is 0 Å². The van der Waals surface area contributed by atoms with Crippen LogP contribution in [0, 0.1) is 27.7 Å². The van der Waals surface area contributed by atoms with Crippen LogP contribution in [0.5, 0.6) is 5.75 Å². The molecule has 0 radical (unpaired) electrons. The van der Waals surface area contributed by atoms with Crippen LogP contribution in [0.1, 0.15) is 108 Å². The fraction of sp³-hybridized carbons (Fsp3) is 0.365. The maximum atomic E-state index is 5.58. The van der Waals surface area contributed by atoms with Crippen LogP contribution in [0.15, 0.2) is 155 Å². The third-order valence-electron chi connectivity index (χ3n) is 7.51. The van der Waals surface area contributed by atoms with Gasteiger partial charge in [-0.15, -0.1) is 23.5 Å². The number of benzene rings is 4. The highest BCUT2D eigenvalue weighted by molar-refractivity contribution is 8.03. The number of nitrogens with zero attached hydrogens (tertiary/aromatic N) is 1. The van der Waals surface area contributed by atoms with Gasteiger partial charge in [0.25, 0.3) is 0 Å². The summed E-state index contributed by atoms with van der Waals surface area (Å²) in [5.41, 5.74) is 9.01. The Bertz CT molecular complexity index is 1660. The van der Waals surface area contributed by atoms with E-state index in [-0.39, 0.29) is 0 Å². The summed E-state index contributed by atoms with van der Waals surface area (Å²) in [4.78, 5) is 7.05. The minimum absolute atomic E-state index is 0.518. The fourth-order valence-corrected chi connectivity index (χ4v) is 5.93. The number of hydrogen-bond donors (Lipinski definition) is 0. The quantitative estimate of drug-likeness (QED) is 0.0927. The first-order chi connectivity index (χ1) is 27.1. The molecule has 0 amide bonds. The summed E-state index contributed by atoms with van der Waals surface area (Å²) in [6.07, 6.45) is 11.0. The summed E-state index contributed by atoms with van der Waals surface area (Å²) >= 11 is 3.86. The van der Waals surface area contributed by atoms with Gasteiger partial charge in [-0.2, -0.15) is 0 Å². The van der Waals surface area contributed by atoms with E-state index in [1.54, 1.807) is 6.20 Å². The first kappa shape index (κ1) is 52.0. The molecule has 0 unspecified atom stereocenters. The standard InChI is InChI=1S/C13H13NO.C10H14S.C10H18S.C10H14.C7H8.C2H6/c1-11-5-7-13(8-6-11)15-10-12-4-2-3-9-14-12;1-3-8-11-10-6-4-9(2)5-7-10;1-5-10(11-6-2)8-7-9(3)4;1-3-4-10-7-5-9(2)6-8-10;1-7-5-3-2-4-6-7;1-2/h2-9H,10H2,1H3;4-7H,3,8H2,1-2H3;7-8H,5-6H2,1-4H3;5-8H,3-4H2,1-2H3;2-6H,1H3;1-2H3/b;;10-8+;;;. The van der Waals surface area contributed by atoms with Gasteiger partial charge in [0.05, 0.1) is 5.69 Å². The van der Waals surface area contributed by atoms with Crippen LogP contribution in [0.4, 0.5) is 0 Å². The highest BCUT2D eigenvalue weighted by Gasteiger charge is 1.96. The van der Waals surface area contributed by atoms with E-state index in [1.165, 1.54) is 74.0 Å². The van der Waals surface area contributed by atoms with Crippen molar-refractivity contribution in [2.24, 2.45) is 0 Å². The molecule has 1 aromatic heterocycles. The molecule has 4 aromatic carbocycles. The second-order valence-corrected chi connectivity index (χ2v) is 15.7. The number of allylic oxidation sites excluding steroid dienone is 4. The van der Waals surface area contributed by atoms with E-state index < -0.39 is 0 Å². The minimum Gasteiger partial charge on any atom is -0.487 e. The SMILES string of the molecule is CC.CCCSc1ccc(C)cc1.CCCc1ccc(C)cc1.CCS/C(=C/C=C(C)C)CC.Cc1ccc(OCc2ccccn2)cc1.Cc1ccccc1. The topological polar surface area (TPSA) is 22.1 Å². The molecule has 0 aliphatic heterocycles. The maximum absolute atomic E-state index is 5.58. The number of hydrogen-bond acceptors (Lipinski definition) is 4. The summed E-state index contributed by atoms with van der Waals surface area (Å²) in [6.45, 7) is 26.0. The predicted octanol–water partition coefficient (Wildman–Crippen LogP) is 16.4. The number of thioether (sulfide) groups is 2. The lowest BCUT2D eigenvalue weighted by molar-refractivity contribution is 0.301. The van der Waals surface area contributed by atoms with E-state index in [1.807, 2.05) is 98.0 Å². The molecule has 2 nitrogen and oxygen atoms in total. The summed E-state index contributed by atoms with van der Waals surface area (Å²) in [5.74, 6) is 3.28. The van der Waals surface area contributed by atoms with Crippen molar-refractivity contribution in [2.75, 3.05) is 11.5 Å². The molecule has 4 heteroatoms. The molecular formula is C52H73NOS2. The van der Waals surface area contributed by atoms with Crippen LogP contribution < -0.4 is 4.74 Å². The van der Waals surface area contributed by atoms with E-state index in [0.717, 1.165) is 17.9 Å². The average Bonchev–Trinajstić information content (AvgIpc) is 3.22. The zero-order chi connectivity index (χ0) is 41.8. The number of aryl methyl sites for hydroxylation is 5. The largest absolute Gasteiger partial charge is 0.487 e. The Morgan fingerprint density at radius 1 is 0.607 bits per heavy atom. The predicted molar refractivity (Wildman–Crippen MR) is 256 cm³/mol. The minimum atomic E-state index is 0.518. The van der Waals surface area contributed by atoms with Gasteiger partial charge in [-0.3, -0.25) is 4.98 Å². The smallest absolute Gasteiger partial charge is 0.130 e. The maximum Gasteiger partial charge on any atom is 0.130 e. The van der Waals surface area contributed by atoms with Crippen LogP contribution in [0.2, 0.25) is 0 Å². The van der Waals surface area contributed by atoms with Crippen molar-refractivity contribution < 1.29 is 4.74 Å². The highest BCUT2D eigenvalue weighted by atomic mass is 32.2. The van der Waals surface area contributed by atoms with Gasteiger partial charge in [0.2, 0.25) is 0 Å². The lowest BCUT2D eigenvalue weighted by atomic mass is 10.1. The average molecular weight is 792 g/mol. The summed E-state index contributed by atoms with van der Waals surface area (Å²) in [7, 11) is 0. The highest BCUT2D eigenvalue weighted by Crippen LogP contribution is 2.19. The van der Waals surface area contributed by atoms with Gasteiger partial charge >= 0.3 is 0 Å². The number of aromatic nitrogens is 1.